The van der Waals surface area contributed by atoms with Crippen molar-refractivity contribution in [2.45, 2.75) is 12.6 Å². The first-order chi connectivity index (χ1) is 11.7. The van der Waals surface area contributed by atoms with Crippen molar-refractivity contribution in [1.29, 1.82) is 0 Å². The first kappa shape index (κ1) is 18.3. The molecule has 0 bridgehead atoms. The summed E-state index contributed by atoms with van der Waals surface area (Å²) in [7, 11) is 3.88. The summed E-state index contributed by atoms with van der Waals surface area (Å²) in [5.41, 5.74) is 1.08. The molecule has 1 saturated heterocycles. The normalized spacial score (nSPS) is 18.9. The molecule has 0 radical (unpaired) electrons. The maximum absolute atomic E-state index is 5.75. The average molecular weight is 332 g/mol. The minimum absolute atomic E-state index is 0.186. The van der Waals surface area contributed by atoms with Crippen molar-refractivity contribution in [1.82, 2.24) is 15.5 Å². The first-order valence-electron chi connectivity index (χ1n) is 8.29. The average Bonchev–Trinajstić information content (AvgIpc) is 2.61. The molecule has 0 aliphatic carbocycles. The molecule has 2 N–H and O–H groups in total. The van der Waals surface area contributed by atoms with E-state index in [1.165, 1.54) is 0 Å². The quantitative estimate of drug-likeness (QED) is 0.447. The summed E-state index contributed by atoms with van der Waals surface area (Å²) in [4.78, 5) is 6.54. The molecule has 1 unspecified atom stereocenters. The lowest BCUT2D eigenvalue weighted by Gasteiger charge is -2.30. The van der Waals surface area contributed by atoms with E-state index in [1.54, 1.807) is 13.1 Å². The number of hydrogen-bond donors (Lipinski definition) is 2. The fraction of sp³-hybridized carbons (Fsp3) is 0.500. The second kappa shape index (κ2) is 9.95. The minimum atomic E-state index is 0.186. The minimum Gasteiger partial charge on any atom is -0.489 e. The van der Waals surface area contributed by atoms with Crippen molar-refractivity contribution in [2.24, 2.45) is 4.99 Å². The van der Waals surface area contributed by atoms with Crippen molar-refractivity contribution < 1.29 is 9.47 Å². The zero-order valence-electron chi connectivity index (χ0n) is 14.6. The van der Waals surface area contributed by atoms with Gasteiger partial charge in [-0.1, -0.05) is 30.9 Å². The number of benzene rings is 1. The van der Waals surface area contributed by atoms with E-state index in [1.807, 2.05) is 24.3 Å². The Morgan fingerprint density at radius 2 is 2.29 bits per heavy atom. The maximum atomic E-state index is 5.75. The number of guanidine groups is 1. The number of ether oxygens (including phenoxy) is 2. The van der Waals surface area contributed by atoms with Crippen LogP contribution in [0, 0.1) is 0 Å². The molecule has 0 spiro atoms. The predicted octanol–water partition coefficient (Wildman–Crippen LogP) is 1.25. The van der Waals surface area contributed by atoms with Gasteiger partial charge in [0.15, 0.2) is 5.96 Å². The fourth-order valence-electron chi connectivity index (χ4n) is 2.54. The fourth-order valence-corrected chi connectivity index (χ4v) is 2.54. The van der Waals surface area contributed by atoms with Gasteiger partial charge < -0.3 is 25.0 Å². The van der Waals surface area contributed by atoms with E-state index in [9.17, 15) is 0 Å². The van der Waals surface area contributed by atoms with E-state index < -0.39 is 0 Å². The third-order valence-corrected chi connectivity index (χ3v) is 3.84. The highest BCUT2D eigenvalue weighted by Gasteiger charge is 2.17. The van der Waals surface area contributed by atoms with Gasteiger partial charge in [-0.3, -0.25) is 4.99 Å². The van der Waals surface area contributed by atoms with Crippen LogP contribution in [0.5, 0.6) is 5.75 Å². The van der Waals surface area contributed by atoms with E-state index in [0.717, 1.165) is 43.5 Å². The second-order valence-electron chi connectivity index (χ2n) is 5.77. The van der Waals surface area contributed by atoms with Crippen LogP contribution in [0.2, 0.25) is 0 Å². The van der Waals surface area contributed by atoms with Gasteiger partial charge in [-0.25, -0.2) is 0 Å². The molecule has 6 nitrogen and oxygen atoms in total. The molecule has 1 aliphatic heterocycles. The lowest BCUT2D eigenvalue weighted by molar-refractivity contribution is -0.0161. The Morgan fingerprint density at radius 3 is 3.04 bits per heavy atom. The zero-order chi connectivity index (χ0) is 17.2. The number of para-hydroxylation sites is 1. The highest BCUT2D eigenvalue weighted by Crippen LogP contribution is 2.17. The van der Waals surface area contributed by atoms with Crippen molar-refractivity contribution in [3.63, 3.8) is 0 Å². The van der Waals surface area contributed by atoms with Gasteiger partial charge in [0.2, 0.25) is 0 Å². The Morgan fingerprint density at radius 1 is 1.46 bits per heavy atom. The Balaban J connectivity index is 1.82. The van der Waals surface area contributed by atoms with Crippen molar-refractivity contribution in [3.05, 3.63) is 42.5 Å². The van der Waals surface area contributed by atoms with Gasteiger partial charge in [0.1, 0.15) is 12.4 Å². The molecular weight excluding hydrogens is 304 g/mol. The molecule has 6 heteroatoms. The molecule has 2 rings (SSSR count). The maximum Gasteiger partial charge on any atom is 0.191 e. The summed E-state index contributed by atoms with van der Waals surface area (Å²) < 4.78 is 11.4. The monoisotopic (exact) mass is 332 g/mol. The SMILES string of the molecule is C=CCOc1ccccc1CNC(=NC)NCC1CN(C)CCO1. The molecule has 1 heterocycles. The van der Waals surface area contributed by atoms with Gasteiger partial charge in [0.05, 0.1) is 12.7 Å². The molecule has 132 valence electrons. The van der Waals surface area contributed by atoms with Gasteiger partial charge in [0, 0.05) is 38.8 Å². The van der Waals surface area contributed by atoms with Crippen molar-refractivity contribution >= 4 is 5.96 Å². The number of nitrogens with zero attached hydrogens (tertiary/aromatic N) is 2. The Labute approximate surface area is 144 Å². The van der Waals surface area contributed by atoms with E-state index in [-0.39, 0.29) is 6.10 Å². The number of nitrogens with one attached hydrogen (secondary N) is 2. The van der Waals surface area contributed by atoms with Gasteiger partial charge >= 0.3 is 0 Å². The second-order valence-corrected chi connectivity index (χ2v) is 5.77. The number of likely N-dealkylation sites (N-methyl/N-ethyl adjacent to an activating group) is 1. The van der Waals surface area contributed by atoms with E-state index in [0.29, 0.717) is 13.2 Å². The molecule has 24 heavy (non-hydrogen) atoms. The highest BCUT2D eigenvalue weighted by molar-refractivity contribution is 5.79. The zero-order valence-corrected chi connectivity index (χ0v) is 14.6. The summed E-state index contributed by atoms with van der Waals surface area (Å²) in [6.07, 6.45) is 1.93. The van der Waals surface area contributed by atoms with Crippen LogP contribution in [-0.2, 0) is 11.3 Å². The standard InChI is InChI=1S/C18H28N4O2/c1-4-10-24-17-8-6-5-7-15(17)12-20-18(19-2)21-13-16-14-22(3)9-11-23-16/h4-8,16H,1,9-14H2,2-3H3,(H2,19,20,21). The largest absolute Gasteiger partial charge is 0.489 e. The van der Waals surface area contributed by atoms with Crippen molar-refractivity contribution in [3.8, 4) is 5.75 Å². The molecule has 1 fully saturated rings. The van der Waals surface area contributed by atoms with Gasteiger partial charge in [-0.2, -0.15) is 0 Å². The molecule has 1 aromatic rings. The Kier molecular flexibility index (Phi) is 7.58. The van der Waals surface area contributed by atoms with Crippen LogP contribution in [0.15, 0.2) is 41.9 Å². The predicted molar refractivity (Wildman–Crippen MR) is 97.6 cm³/mol. The first-order valence-corrected chi connectivity index (χ1v) is 8.29. The number of aliphatic imine (C=N–C) groups is 1. The lowest BCUT2D eigenvalue weighted by Crippen LogP contribution is -2.48. The van der Waals surface area contributed by atoms with Gasteiger partial charge in [0.25, 0.3) is 0 Å². The van der Waals surface area contributed by atoms with Gasteiger partial charge in [-0.15, -0.1) is 0 Å². The van der Waals surface area contributed by atoms with E-state index >= 15 is 0 Å². The topological polar surface area (TPSA) is 58.1 Å². The van der Waals surface area contributed by atoms with Crippen LogP contribution in [0.1, 0.15) is 5.56 Å². The van der Waals surface area contributed by atoms with Crippen LogP contribution in [-0.4, -0.2) is 63.9 Å². The van der Waals surface area contributed by atoms with Crippen LogP contribution in [0.3, 0.4) is 0 Å². The van der Waals surface area contributed by atoms with Crippen LogP contribution >= 0.6 is 0 Å². The van der Waals surface area contributed by atoms with Crippen molar-refractivity contribution in [2.75, 3.05) is 46.9 Å². The van der Waals surface area contributed by atoms with E-state index in [4.69, 9.17) is 9.47 Å². The summed E-state index contributed by atoms with van der Waals surface area (Å²) >= 11 is 0. The van der Waals surface area contributed by atoms with E-state index in [2.05, 4.69) is 34.2 Å². The van der Waals surface area contributed by atoms with Gasteiger partial charge in [-0.05, 0) is 13.1 Å². The lowest BCUT2D eigenvalue weighted by atomic mass is 10.2. The van der Waals surface area contributed by atoms with Crippen LogP contribution in [0.25, 0.3) is 0 Å². The summed E-state index contributed by atoms with van der Waals surface area (Å²) in [5.74, 6) is 1.61. The molecule has 1 aromatic carbocycles. The summed E-state index contributed by atoms with van der Waals surface area (Å²) in [5, 5.41) is 6.64. The molecule has 1 aliphatic rings. The smallest absolute Gasteiger partial charge is 0.191 e. The third-order valence-electron chi connectivity index (χ3n) is 3.84. The molecule has 1 atom stereocenters. The Bertz CT molecular complexity index is 548. The summed E-state index contributed by atoms with van der Waals surface area (Å²) in [6.45, 7) is 8.25. The molecule has 0 amide bonds. The van der Waals surface area contributed by atoms with Crippen LogP contribution in [0.4, 0.5) is 0 Å². The summed E-state index contributed by atoms with van der Waals surface area (Å²) in [6, 6.07) is 7.96. The molecular formula is C18H28N4O2. The third kappa shape index (κ3) is 5.86. The van der Waals surface area contributed by atoms with Crippen LogP contribution < -0.4 is 15.4 Å². The molecule has 0 aromatic heterocycles. The Hall–Kier alpha value is -2.05. The highest BCUT2D eigenvalue weighted by atomic mass is 16.5. The molecule has 0 saturated carbocycles. The number of morpholine rings is 1. The number of rotatable bonds is 7. The number of hydrogen-bond acceptors (Lipinski definition) is 4.